The smallest absolute Gasteiger partial charge is 0.177 e. The van der Waals surface area contributed by atoms with E-state index in [1.807, 2.05) is 17.8 Å². The first-order valence-corrected chi connectivity index (χ1v) is 3.09. The average molecular weight is 138 g/mol. The Morgan fingerprint density at radius 1 is 1.80 bits per heavy atom. The summed E-state index contributed by atoms with van der Waals surface area (Å²) in [6.45, 7) is 0.0873. The lowest BCUT2D eigenvalue weighted by Gasteiger charge is -1.89. The number of aryl methyl sites for hydroxylation is 1. The summed E-state index contributed by atoms with van der Waals surface area (Å²) in [5, 5.41) is 0. The number of nitrogens with zero attached hydrogens (tertiary/aromatic N) is 1. The van der Waals surface area contributed by atoms with Crippen LogP contribution in [0.4, 0.5) is 0 Å². The molecule has 1 heterocycles. The first-order valence-electron chi connectivity index (χ1n) is 3.09. The molecule has 3 heteroatoms. The van der Waals surface area contributed by atoms with Crippen molar-refractivity contribution in [1.82, 2.24) is 4.57 Å². The highest BCUT2D eigenvalue weighted by Gasteiger charge is 2.02. The van der Waals surface area contributed by atoms with Crippen molar-refractivity contribution >= 4 is 5.78 Å². The molecule has 0 amide bonds. The Morgan fingerprint density at radius 3 is 2.90 bits per heavy atom. The quantitative estimate of drug-likeness (QED) is 0.592. The molecule has 0 bridgehead atoms. The number of hydrogen-bond acceptors (Lipinski definition) is 2. The largest absolute Gasteiger partial charge is 0.357 e. The summed E-state index contributed by atoms with van der Waals surface area (Å²) >= 11 is 0. The van der Waals surface area contributed by atoms with Gasteiger partial charge >= 0.3 is 0 Å². The maximum atomic E-state index is 10.9. The van der Waals surface area contributed by atoms with Gasteiger partial charge < -0.3 is 10.3 Å². The minimum Gasteiger partial charge on any atom is -0.357 e. The number of Topliss-reactive ketones (excluding diaryl/α,β-unsaturated/α-hetero) is 1. The fourth-order valence-corrected chi connectivity index (χ4v) is 0.786. The molecule has 0 fully saturated rings. The molecule has 0 aromatic carbocycles. The third kappa shape index (κ3) is 1.25. The number of ketones is 1. The molecule has 3 nitrogen and oxygen atoms in total. The Labute approximate surface area is 59.4 Å². The van der Waals surface area contributed by atoms with Crippen LogP contribution in [0.25, 0.3) is 0 Å². The van der Waals surface area contributed by atoms with Gasteiger partial charge in [-0.2, -0.15) is 0 Å². The van der Waals surface area contributed by atoms with E-state index in [0.29, 0.717) is 5.56 Å². The minimum absolute atomic E-state index is 0.0133. The molecular formula is C7H10N2O. The standard InChI is InChI=1S/C7H10N2O/c1-9-3-2-6(5-9)7(10)4-8/h2-3,5H,4,8H2,1H3. The molecule has 1 aromatic rings. The summed E-state index contributed by atoms with van der Waals surface area (Å²) in [4.78, 5) is 10.9. The van der Waals surface area contributed by atoms with E-state index in [9.17, 15) is 4.79 Å². The number of aromatic nitrogens is 1. The second kappa shape index (κ2) is 2.66. The number of nitrogens with two attached hydrogens (primary N) is 1. The predicted octanol–water partition coefficient (Wildman–Crippen LogP) is 0.166. The predicted molar refractivity (Wildman–Crippen MR) is 38.8 cm³/mol. The van der Waals surface area contributed by atoms with Crippen molar-refractivity contribution in [3.05, 3.63) is 24.0 Å². The molecule has 0 atom stereocenters. The van der Waals surface area contributed by atoms with Crippen molar-refractivity contribution in [2.45, 2.75) is 0 Å². The van der Waals surface area contributed by atoms with Crippen LogP contribution in [0, 0.1) is 0 Å². The molecule has 10 heavy (non-hydrogen) atoms. The highest BCUT2D eigenvalue weighted by atomic mass is 16.1. The molecule has 0 saturated heterocycles. The molecule has 0 aliphatic rings. The van der Waals surface area contributed by atoms with E-state index in [-0.39, 0.29) is 12.3 Å². The maximum absolute atomic E-state index is 10.9. The molecule has 0 aliphatic carbocycles. The highest BCUT2D eigenvalue weighted by Crippen LogP contribution is 1.98. The molecule has 1 aromatic heterocycles. The second-order valence-corrected chi connectivity index (χ2v) is 2.19. The van der Waals surface area contributed by atoms with Crippen LogP contribution in [-0.2, 0) is 7.05 Å². The lowest BCUT2D eigenvalue weighted by Crippen LogP contribution is -2.12. The second-order valence-electron chi connectivity index (χ2n) is 2.19. The minimum atomic E-state index is -0.0133. The highest BCUT2D eigenvalue weighted by molar-refractivity contribution is 5.97. The van der Waals surface area contributed by atoms with Gasteiger partial charge in [0.25, 0.3) is 0 Å². The summed E-state index contributed by atoms with van der Waals surface area (Å²) < 4.78 is 1.82. The first-order chi connectivity index (χ1) is 4.74. The molecule has 1 rings (SSSR count). The topological polar surface area (TPSA) is 48.0 Å². The fraction of sp³-hybridized carbons (Fsp3) is 0.286. The third-order valence-electron chi connectivity index (χ3n) is 1.34. The van der Waals surface area contributed by atoms with Gasteiger partial charge in [-0.15, -0.1) is 0 Å². The average Bonchev–Trinajstić information content (AvgIpc) is 2.34. The third-order valence-corrected chi connectivity index (χ3v) is 1.34. The van der Waals surface area contributed by atoms with Crippen molar-refractivity contribution in [2.75, 3.05) is 6.54 Å². The lowest BCUT2D eigenvalue weighted by atomic mass is 10.2. The Hall–Kier alpha value is -1.09. The van der Waals surface area contributed by atoms with Crippen LogP contribution in [0.2, 0.25) is 0 Å². The molecule has 0 aliphatic heterocycles. The van der Waals surface area contributed by atoms with Crippen molar-refractivity contribution in [3.63, 3.8) is 0 Å². The molecule has 2 N–H and O–H groups in total. The normalized spacial score (nSPS) is 9.80. The Morgan fingerprint density at radius 2 is 2.50 bits per heavy atom. The maximum Gasteiger partial charge on any atom is 0.177 e. The van der Waals surface area contributed by atoms with E-state index in [1.54, 1.807) is 12.3 Å². The van der Waals surface area contributed by atoms with Gasteiger partial charge in [0.15, 0.2) is 5.78 Å². The molecule has 0 radical (unpaired) electrons. The van der Waals surface area contributed by atoms with E-state index in [1.165, 1.54) is 0 Å². The summed E-state index contributed by atoms with van der Waals surface area (Å²) in [6, 6.07) is 1.76. The van der Waals surface area contributed by atoms with Crippen LogP contribution in [0.1, 0.15) is 10.4 Å². The Bertz CT molecular complexity index is 240. The van der Waals surface area contributed by atoms with Crippen molar-refractivity contribution in [1.29, 1.82) is 0 Å². The molecule has 0 unspecified atom stereocenters. The van der Waals surface area contributed by atoms with Crippen LogP contribution in [0.5, 0.6) is 0 Å². The summed E-state index contributed by atoms with van der Waals surface area (Å²) in [7, 11) is 1.87. The molecule has 0 spiro atoms. The van der Waals surface area contributed by atoms with Crippen LogP contribution >= 0.6 is 0 Å². The Balaban J connectivity index is 2.85. The zero-order chi connectivity index (χ0) is 7.56. The van der Waals surface area contributed by atoms with E-state index >= 15 is 0 Å². The van der Waals surface area contributed by atoms with Gasteiger partial charge in [-0.25, -0.2) is 0 Å². The van der Waals surface area contributed by atoms with Gasteiger partial charge in [0.2, 0.25) is 0 Å². The molecular weight excluding hydrogens is 128 g/mol. The van der Waals surface area contributed by atoms with E-state index in [0.717, 1.165) is 0 Å². The van der Waals surface area contributed by atoms with E-state index in [4.69, 9.17) is 5.73 Å². The number of hydrogen-bond donors (Lipinski definition) is 1. The van der Waals surface area contributed by atoms with E-state index in [2.05, 4.69) is 0 Å². The van der Waals surface area contributed by atoms with Gasteiger partial charge in [0.05, 0.1) is 6.54 Å². The summed E-state index contributed by atoms with van der Waals surface area (Å²) in [6.07, 6.45) is 3.58. The summed E-state index contributed by atoms with van der Waals surface area (Å²) in [5.41, 5.74) is 5.84. The van der Waals surface area contributed by atoms with Gasteiger partial charge in [-0.05, 0) is 6.07 Å². The van der Waals surface area contributed by atoms with Gasteiger partial charge in [0, 0.05) is 25.0 Å². The fourth-order valence-electron chi connectivity index (χ4n) is 0.786. The van der Waals surface area contributed by atoms with Crippen molar-refractivity contribution in [2.24, 2.45) is 12.8 Å². The lowest BCUT2D eigenvalue weighted by molar-refractivity contribution is 0.100. The van der Waals surface area contributed by atoms with Gasteiger partial charge in [-0.3, -0.25) is 4.79 Å². The molecule has 0 saturated carbocycles. The molecule has 54 valence electrons. The van der Waals surface area contributed by atoms with Gasteiger partial charge in [-0.1, -0.05) is 0 Å². The van der Waals surface area contributed by atoms with Crippen LogP contribution < -0.4 is 5.73 Å². The zero-order valence-electron chi connectivity index (χ0n) is 5.87. The van der Waals surface area contributed by atoms with Crippen LogP contribution in [-0.4, -0.2) is 16.9 Å². The number of carbonyl (C=O) groups excluding carboxylic acids is 1. The van der Waals surface area contributed by atoms with Crippen LogP contribution in [0.15, 0.2) is 18.5 Å². The number of carbonyl (C=O) groups is 1. The zero-order valence-corrected chi connectivity index (χ0v) is 5.87. The Kier molecular flexibility index (Phi) is 1.87. The SMILES string of the molecule is Cn1ccc(C(=O)CN)c1. The van der Waals surface area contributed by atoms with E-state index < -0.39 is 0 Å². The van der Waals surface area contributed by atoms with Gasteiger partial charge in [0.1, 0.15) is 0 Å². The van der Waals surface area contributed by atoms with Crippen molar-refractivity contribution in [3.8, 4) is 0 Å². The first kappa shape index (κ1) is 7.02. The summed E-state index contributed by atoms with van der Waals surface area (Å²) in [5.74, 6) is -0.0133. The van der Waals surface area contributed by atoms with Crippen LogP contribution in [0.3, 0.4) is 0 Å². The number of rotatable bonds is 2. The van der Waals surface area contributed by atoms with Crippen molar-refractivity contribution < 1.29 is 4.79 Å². The monoisotopic (exact) mass is 138 g/mol.